The minimum Gasteiger partial charge on any atom is -0.370 e. The Hall–Kier alpha value is -2.32. The smallest absolute Gasteiger partial charge is 0.243 e. The number of hydrogen-bond donors (Lipinski definition) is 2. The third-order valence-corrected chi connectivity index (χ3v) is 5.57. The molecule has 1 aromatic carbocycles. The van der Waals surface area contributed by atoms with Gasteiger partial charge in [-0.05, 0) is 18.1 Å². The van der Waals surface area contributed by atoms with Crippen molar-refractivity contribution in [1.82, 2.24) is 25.5 Å². The molecule has 150 valence electrons. The molecule has 0 atom stereocenters. The van der Waals surface area contributed by atoms with Gasteiger partial charge in [-0.3, -0.25) is 4.79 Å². The Kier molecular flexibility index (Phi) is 6.28. The first-order chi connectivity index (χ1) is 13.8. The van der Waals surface area contributed by atoms with Crippen LogP contribution in [0.4, 0.5) is 0 Å². The van der Waals surface area contributed by atoms with Gasteiger partial charge in [0.15, 0.2) is 0 Å². The molecule has 4 rings (SSSR count). The van der Waals surface area contributed by atoms with Crippen molar-refractivity contribution in [3.63, 3.8) is 0 Å². The highest BCUT2D eigenvalue weighted by Gasteiger charge is 2.17. The van der Waals surface area contributed by atoms with Crippen LogP contribution in [0.5, 0.6) is 0 Å². The number of quaternary nitrogens is 1. The first-order valence-corrected chi connectivity index (χ1v) is 10.3. The van der Waals surface area contributed by atoms with E-state index < -0.39 is 0 Å². The number of amides is 1. The number of nitrogens with one attached hydrogen (secondary N) is 2. The fourth-order valence-corrected chi connectivity index (χ4v) is 3.97. The third-order valence-electron chi connectivity index (χ3n) is 5.57. The fraction of sp³-hybridized carbons (Fsp3) is 0.600. The van der Waals surface area contributed by atoms with Gasteiger partial charge in [-0.15, -0.1) is 10.2 Å². The van der Waals surface area contributed by atoms with Crippen molar-refractivity contribution in [2.45, 2.75) is 51.2 Å². The van der Waals surface area contributed by atoms with E-state index in [4.69, 9.17) is 4.74 Å². The summed E-state index contributed by atoms with van der Waals surface area (Å²) < 4.78 is 5.41. The van der Waals surface area contributed by atoms with Gasteiger partial charge >= 0.3 is 0 Å². The highest BCUT2D eigenvalue weighted by Crippen LogP contribution is 2.17. The van der Waals surface area contributed by atoms with Gasteiger partial charge in [0.2, 0.25) is 11.7 Å². The van der Waals surface area contributed by atoms with Crippen LogP contribution < -0.4 is 10.2 Å². The zero-order valence-electron chi connectivity index (χ0n) is 16.3. The van der Waals surface area contributed by atoms with Gasteiger partial charge in [-0.25, -0.2) is 0 Å². The van der Waals surface area contributed by atoms with Crippen molar-refractivity contribution in [2.24, 2.45) is 0 Å². The Morgan fingerprint density at radius 1 is 1.14 bits per heavy atom. The summed E-state index contributed by atoms with van der Waals surface area (Å²) in [5.74, 6) is 0.510. The fourth-order valence-electron chi connectivity index (χ4n) is 3.97. The average Bonchev–Trinajstić information content (AvgIpc) is 3.18. The Balaban J connectivity index is 1.31. The van der Waals surface area contributed by atoms with Crippen molar-refractivity contribution >= 4 is 5.91 Å². The first kappa shape index (κ1) is 19.0. The molecule has 1 aliphatic heterocycles. The Morgan fingerprint density at radius 3 is 2.64 bits per heavy atom. The van der Waals surface area contributed by atoms with E-state index in [1.165, 1.54) is 29.6 Å². The number of nitrogens with zero attached hydrogens (tertiary/aromatic N) is 4. The molecule has 1 saturated heterocycles. The predicted molar refractivity (Wildman–Crippen MR) is 103 cm³/mol. The Labute approximate surface area is 165 Å². The maximum Gasteiger partial charge on any atom is 0.243 e. The van der Waals surface area contributed by atoms with Crippen molar-refractivity contribution in [1.29, 1.82) is 0 Å². The second kappa shape index (κ2) is 9.25. The number of hydrogen-bond acceptors (Lipinski definition) is 5. The highest BCUT2D eigenvalue weighted by molar-refractivity contribution is 5.75. The Bertz CT molecular complexity index is 763. The lowest BCUT2D eigenvalue weighted by atomic mass is 9.95. The van der Waals surface area contributed by atoms with Crippen LogP contribution in [0.2, 0.25) is 0 Å². The summed E-state index contributed by atoms with van der Waals surface area (Å²) in [6, 6.07) is 8.59. The van der Waals surface area contributed by atoms with Crippen molar-refractivity contribution in [3.8, 4) is 11.4 Å². The first-order valence-electron chi connectivity index (χ1n) is 10.3. The van der Waals surface area contributed by atoms with Crippen LogP contribution in [0.1, 0.15) is 37.7 Å². The van der Waals surface area contributed by atoms with Crippen LogP contribution in [0, 0.1) is 0 Å². The standard InChI is InChI=1S/C20H28N6O2/c27-19(21-18-4-2-1-3-5-18)15-26-23-20(22-24-26)17-8-6-16(7-9-17)14-25-10-12-28-13-11-25/h6-9,18H,1-5,10-15H2,(H,21,27)/p+1. The molecule has 8 nitrogen and oxygen atoms in total. The van der Waals surface area contributed by atoms with Crippen molar-refractivity contribution < 1.29 is 14.4 Å². The molecule has 2 heterocycles. The number of carbonyl (C=O) groups is 1. The van der Waals surface area contributed by atoms with Crippen LogP contribution in [-0.4, -0.2) is 58.5 Å². The molecule has 2 fully saturated rings. The summed E-state index contributed by atoms with van der Waals surface area (Å²) in [5.41, 5.74) is 2.21. The summed E-state index contributed by atoms with van der Waals surface area (Å²) in [4.78, 5) is 15.1. The lowest BCUT2D eigenvalue weighted by Crippen LogP contribution is -3.12. The number of morpholine rings is 1. The zero-order valence-corrected chi connectivity index (χ0v) is 16.3. The quantitative estimate of drug-likeness (QED) is 0.742. The number of ether oxygens (including phenoxy) is 1. The van der Waals surface area contributed by atoms with E-state index in [9.17, 15) is 4.79 Å². The largest absolute Gasteiger partial charge is 0.370 e. The molecule has 1 aromatic heterocycles. The second-order valence-corrected chi connectivity index (χ2v) is 7.78. The van der Waals surface area contributed by atoms with Gasteiger partial charge in [0.25, 0.3) is 0 Å². The summed E-state index contributed by atoms with van der Waals surface area (Å²) in [5, 5.41) is 15.6. The average molecular weight is 385 g/mol. The van der Waals surface area contributed by atoms with E-state index in [0.29, 0.717) is 11.9 Å². The van der Waals surface area contributed by atoms with Gasteiger partial charge < -0.3 is 15.0 Å². The minimum absolute atomic E-state index is 0.0420. The molecular weight excluding hydrogens is 356 g/mol. The molecule has 2 N–H and O–H groups in total. The monoisotopic (exact) mass is 385 g/mol. The predicted octanol–water partition coefficient (Wildman–Crippen LogP) is 0.204. The maximum atomic E-state index is 12.2. The van der Waals surface area contributed by atoms with Gasteiger partial charge in [-0.2, -0.15) is 4.80 Å². The number of aromatic nitrogens is 4. The van der Waals surface area contributed by atoms with Gasteiger partial charge in [-0.1, -0.05) is 43.5 Å². The molecule has 2 aliphatic rings. The van der Waals surface area contributed by atoms with Crippen LogP contribution in [0.3, 0.4) is 0 Å². The van der Waals surface area contributed by atoms with Crippen LogP contribution in [0.25, 0.3) is 11.4 Å². The molecule has 2 aromatic rings. The lowest BCUT2D eigenvalue weighted by Gasteiger charge is -2.23. The topological polar surface area (TPSA) is 86.4 Å². The summed E-state index contributed by atoms with van der Waals surface area (Å²) in [6.45, 7) is 4.91. The molecule has 0 bridgehead atoms. The molecule has 0 radical (unpaired) electrons. The highest BCUT2D eigenvalue weighted by atomic mass is 16.5. The van der Waals surface area contributed by atoms with Crippen molar-refractivity contribution in [3.05, 3.63) is 29.8 Å². The van der Waals surface area contributed by atoms with E-state index in [1.807, 2.05) is 12.1 Å². The number of rotatable bonds is 6. The number of carbonyl (C=O) groups excluding carboxylic acids is 1. The zero-order chi connectivity index (χ0) is 19.2. The molecule has 1 aliphatic carbocycles. The minimum atomic E-state index is -0.0420. The lowest BCUT2D eigenvalue weighted by molar-refractivity contribution is -0.921. The molecule has 8 heteroatoms. The van der Waals surface area contributed by atoms with E-state index >= 15 is 0 Å². The molecule has 1 saturated carbocycles. The molecule has 28 heavy (non-hydrogen) atoms. The van der Waals surface area contributed by atoms with Crippen LogP contribution >= 0.6 is 0 Å². The van der Waals surface area contributed by atoms with Crippen molar-refractivity contribution in [2.75, 3.05) is 26.3 Å². The van der Waals surface area contributed by atoms with Gasteiger partial charge in [0.1, 0.15) is 26.2 Å². The number of benzene rings is 1. The normalized spacial score (nSPS) is 18.9. The summed E-state index contributed by atoms with van der Waals surface area (Å²) >= 11 is 0. The van der Waals surface area contributed by atoms with Gasteiger partial charge in [0, 0.05) is 17.2 Å². The summed E-state index contributed by atoms with van der Waals surface area (Å²) in [6.07, 6.45) is 5.80. The number of tetrazole rings is 1. The second-order valence-electron chi connectivity index (χ2n) is 7.78. The summed E-state index contributed by atoms with van der Waals surface area (Å²) in [7, 11) is 0. The SMILES string of the molecule is O=C(Cn1nnc(-c2ccc(C[NH+]3CCOCC3)cc2)n1)NC1CCCCC1. The van der Waals surface area contributed by atoms with Crippen LogP contribution in [0.15, 0.2) is 24.3 Å². The van der Waals surface area contributed by atoms with Gasteiger partial charge in [0.05, 0.1) is 13.2 Å². The molecule has 0 unspecified atom stereocenters. The Morgan fingerprint density at radius 2 is 1.89 bits per heavy atom. The van der Waals surface area contributed by atoms with E-state index in [2.05, 4.69) is 32.9 Å². The third kappa shape index (κ3) is 5.14. The van der Waals surface area contributed by atoms with E-state index in [0.717, 1.165) is 51.3 Å². The molecule has 0 spiro atoms. The van der Waals surface area contributed by atoms with E-state index in [-0.39, 0.29) is 12.5 Å². The van der Waals surface area contributed by atoms with Crippen LogP contribution in [-0.2, 0) is 22.6 Å². The maximum absolute atomic E-state index is 12.2. The molecular formula is C20H29N6O2+. The molecule has 1 amide bonds. The van der Waals surface area contributed by atoms with E-state index in [1.54, 1.807) is 4.90 Å².